The summed E-state index contributed by atoms with van der Waals surface area (Å²) in [5.74, 6) is 2.76. The maximum Gasteiger partial charge on any atom is 0.134 e. The summed E-state index contributed by atoms with van der Waals surface area (Å²) < 4.78 is 5.42. The highest BCUT2D eigenvalue weighted by Gasteiger charge is 2.23. The number of anilines is 2. The first kappa shape index (κ1) is 13.1. The molecule has 100 valence electrons. The number of nitrogens with zero attached hydrogens (tertiary/aromatic N) is 2. The number of aryl methyl sites for hydroxylation is 1. The van der Waals surface area contributed by atoms with Gasteiger partial charge in [0.1, 0.15) is 17.5 Å². The lowest BCUT2D eigenvalue weighted by molar-refractivity contribution is 0.183. The number of aromatic nitrogens is 2. The van der Waals surface area contributed by atoms with Crippen molar-refractivity contribution in [1.29, 1.82) is 0 Å². The summed E-state index contributed by atoms with van der Waals surface area (Å²) in [6.45, 7) is 7.84. The number of rotatable bonds is 4. The highest BCUT2D eigenvalue weighted by atomic mass is 16.5. The molecule has 0 amide bonds. The van der Waals surface area contributed by atoms with Gasteiger partial charge in [-0.3, -0.25) is 0 Å². The molecule has 2 heterocycles. The number of nitrogen functional groups attached to an aromatic ring is 1. The Labute approximate surface area is 108 Å². The van der Waals surface area contributed by atoms with E-state index in [2.05, 4.69) is 22.2 Å². The van der Waals surface area contributed by atoms with E-state index in [1.165, 1.54) is 0 Å². The monoisotopic (exact) mass is 250 g/mol. The van der Waals surface area contributed by atoms with Crippen molar-refractivity contribution in [2.24, 2.45) is 5.92 Å². The van der Waals surface area contributed by atoms with Gasteiger partial charge in [-0.15, -0.1) is 0 Å². The number of hydrogen-bond acceptors (Lipinski definition) is 5. The highest BCUT2D eigenvalue weighted by molar-refractivity contribution is 5.55. The van der Waals surface area contributed by atoms with Crippen LogP contribution >= 0.6 is 0 Å². The molecule has 18 heavy (non-hydrogen) atoms. The van der Waals surface area contributed by atoms with Crippen molar-refractivity contribution in [2.75, 3.05) is 24.3 Å². The van der Waals surface area contributed by atoms with Crippen LogP contribution in [-0.2, 0) is 11.2 Å². The van der Waals surface area contributed by atoms with Gasteiger partial charge in [0.25, 0.3) is 0 Å². The Morgan fingerprint density at radius 3 is 2.89 bits per heavy atom. The van der Waals surface area contributed by atoms with Crippen LogP contribution in [0.1, 0.15) is 31.7 Å². The quantitative estimate of drug-likeness (QED) is 0.852. The van der Waals surface area contributed by atoms with E-state index in [0.29, 0.717) is 17.8 Å². The molecular weight excluding hydrogens is 228 g/mol. The lowest BCUT2D eigenvalue weighted by Gasteiger charge is -2.21. The average molecular weight is 250 g/mol. The van der Waals surface area contributed by atoms with Gasteiger partial charge in [-0.1, -0.05) is 6.92 Å². The topological polar surface area (TPSA) is 73.1 Å². The molecule has 0 aromatic carbocycles. The summed E-state index contributed by atoms with van der Waals surface area (Å²) in [7, 11) is 0. The van der Waals surface area contributed by atoms with Gasteiger partial charge in [-0.05, 0) is 20.3 Å². The highest BCUT2D eigenvalue weighted by Crippen LogP contribution is 2.23. The van der Waals surface area contributed by atoms with Crippen molar-refractivity contribution in [3.8, 4) is 0 Å². The Morgan fingerprint density at radius 2 is 2.28 bits per heavy atom. The average Bonchev–Trinajstić information content (AvgIpc) is 2.88. The fourth-order valence-electron chi connectivity index (χ4n) is 2.16. The predicted octanol–water partition coefficient (Wildman–Crippen LogP) is 1.77. The maximum absolute atomic E-state index is 5.91. The Kier molecular flexibility index (Phi) is 4.01. The Morgan fingerprint density at radius 1 is 1.50 bits per heavy atom. The van der Waals surface area contributed by atoms with Crippen LogP contribution in [0.15, 0.2) is 0 Å². The van der Waals surface area contributed by atoms with Crippen LogP contribution < -0.4 is 11.1 Å². The summed E-state index contributed by atoms with van der Waals surface area (Å²) in [5.41, 5.74) is 6.84. The van der Waals surface area contributed by atoms with Crippen molar-refractivity contribution >= 4 is 11.6 Å². The molecule has 1 fully saturated rings. The molecule has 1 aromatic rings. The second-order valence-electron chi connectivity index (χ2n) is 4.91. The molecule has 5 heteroatoms. The van der Waals surface area contributed by atoms with Crippen LogP contribution in [0, 0.1) is 12.8 Å². The summed E-state index contributed by atoms with van der Waals surface area (Å²) in [5, 5.41) is 3.46. The van der Waals surface area contributed by atoms with Gasteiger partial charge in [0.2, 0.25) is 0 Å². The third-order valence-corrected chi connectivity index (χ3v) is 3.58. The molecule has 1 aromatic heterocycles. The van der Waals surface area contributed by atoms with Crippen LogP contribution in [0.4, 0.5) is 11.6 Å². The molecular formula is C13H22N4O. The van der Waals surface area contributed by atoms with Crippen LogP contribution in [0.3, 0.4) is 0 Å². The zero-order chi connectivity index (χ0) is 13.1. The van der Waals surface area contributed by atoms with Gasteiger partial charge in [-0.2, -0.15) is 0 Å². The predicted molar refractivity (Wildman–Crippen MR) is 72.6 cm³/mol. The first-order valence-electron chi connectivity index (χ1n) is 6.59. The zero-order valence-corrected chi connectivity index (χ0v) is 11.4. The molecule has 3 N–H and O–H groups in total. The molecule has 0 saturated carbocycles. The summed E-state index contributed by atoms with van der Waals surface area (Å²) >= 11 is 0. The smallest absolute Gasteiger partial charge is 0.134 e. The molecule has 2 rings (SSSR count). The molecule has 0 bridgehead atoms. The van der Waals surface area contributed by atoms with Crippen molar-refractivity contribution in [2.45, 2.75) is 39.7 Å². The third-order valence-electron chi connectivity index (χ3n) is 3.58. The van der Waals surface area contributed by atoms with Crippen LogP contribution in [0.2, 0.25) is 0 Å². The van der Waals surface area contributed by atoms with E-state index in [1.54, 1.807) is 0 Å². The van der Waals surface area contributed by atoms with E-state index in [4.69, 9.17) is 10.5 Å². The van der Waals surface area contributed by atoms with Gasteiger partial charge in [-0.25, -0.2) is 9.97 Å². The lowest BCUT2D eigenvalue weighted by atomic mass is 10.0. The van der Waals surface area contributed by atoms with Gasteiger partial charge < -0.3 is 15.8 Å². The Bertz CT molecular complexity index is 416. The van der Waals surface area contributed by atoms with Crippen LogP contribution in [0.5, 0.6) is 0 Å². The second kappa shape index (κ2) is 5.52. The maximum atomic E-state index is 5.91. The molecule has 2 unspecified atom stereocenters. The molecule has 0 spiro atoms. The number of hydrogen-bond donors (Lipinski definition) is 2. The number of nitrogens with two attached hydrogens (primary N) is 1. The minimum absolute atomic E-state index is 0.338. The number of ether oxygens (including phenoxy) is 1. The summed E-state index contributed by atoms with van der Waals surface area (Å²) in [6, 6.07) is 0.338. The minimum atomic E-state index is 0.338. The lowest BCUT2D eigenvalue weighted by Crippen LogP contribution is -2.27. The fourth-order valence-corrected chi connectivity index (χ4v) is 2.16. The Hall–Kier alpha value is -1.36. The first-order valence-corrected chi connectivity index (χ1v) is 6.59. The summed E-state index contributed by atoms with van der Waals surface area (Å²) in [4.78, 5) is 8.78. The first-order chi connectivity index (χ1) is 8.61. The van der Waals surface area contributed by atoms with E-state index in [0.717, 1.165) is 43.3 Å². The van der Waals surface area contributed by atoms with E-state index in [9.17, 15) is 0 Å². The fraction of sp³-hybridized carbons (Fsp3) is 0.692. The second-order valence-corrected chi connectivity index (χ2v) is 4.91. The third kappa shape index (κ3) is 2.72. The largest absolute Gasteiger partial charge is 0.383 e. The van der Waals surface area contributed by atoms with E-state index < -0.39 is 0 Å². The van der Waals surface area contributed by atoms with Gasteiger partial charge >= 0.3 is 0 Å². The van der Waals surface area contributed by atoms with Gasteiger partial charge in [0.15, 0.2) is 0 Å². The van der Waals surface area contributed by atoms with Crippen molar-refractivity contribution < 1.29 is 4.74 Å². The standard InChI is InChI=1S/C13H22N4O/c1-4-11-16-12(14)8(2)13(17-11)15-9(3)10-5-6-18-7-10/h9-10H,4-7H2,1-3H3,(H3,14,15,16,17). The van der Waals surface area contributed by atoms with E-state index in [-0.39, 0.29) is 0 Å². The molecule has 0 aliphatic carbocycles. The van der Waals surface area contributed by atoms with E-state index >= 15 is 0 Å². The van der Waals surface area contributed by atoms with Crippen LogP contribution in [0.25, 0.3) is 0 Å². The molecule has 1 saturated heterocycles. The Balaban J connectivity index is 2.14. The normalized spacial score (nSPS) is 20.9. The molecule has 2 atom stereocenters. The van der Waals surface area contributed by atoms with Gasteiger partial charge in [0, 0.05) is 30.6 Å². The molecule has 5 nitrogen and oxygen atoms in total. The van der Waals surface area contributed by atoms with Crippen molar-refractivity contribution in [1.82, 2.24) is 9.97 Å². The SMILES string of the molecule is CCc1nc(N)c(C)c(NC(C)C2CCOC2)n1. The van der Waals surface area contributed by atoms with Crippen LogP contribution in [-0.4, -0.2) is 29.2 Å². The van der Waals surface area contributed by atoms with Crippen molar-refractivity contribution in [3.63, 3.8) is 0 Å². The molecule has 0 radical (unpaired) electrons. The zero-order valence-electron chi connectivity index (χ0n) is 11.4. The molecule has 1 aliphatic rings. The van der Waals surface area contributed by atoms with E-state index in [1.807, 2.05) is 13.8 Å². The number of nitrogens with one attached hydrogen (secondary N) is 1. The minimum Gasteiger partial charge on any atom is -0.383 e. The summed E-state index contributed by atoms with van der Waals surface area (Å²) in [6.07, 6.45) is 1.90. The van der Waals surface area contributed by atoms with Gasteiger partial charge in [0.05, 0.1) is 6.61 Å². The van der Waals surface area contributed by atoms with Crippen molar-refractivity contribution in [3.05, 3.63) is 11.4 Å². The molecule has 1 aliphatic heterocycles.